The van der Waals surface area contributed by atoms with Crippen LogP contribution in [0.5, 0.6) is 0 Å². The fourth-order valence-corrected chi connectivity index (χ4v) is 2.36. The van der Waals surface area contributed by atoms with Crippen LogP contribution in [0.1, 0.15) is 39.0 Å². The van der Waals surface area contributed by atoms with Crippen LogP contribution in [0, 0.1) is 11.3 Å². The molecule has 68 valence electrons. The molecular weight excluding hydrogens is 150 g/mol. The third-order valence-electron chi connectivity index (χ3n) is 3.31. The quantitative estimate of drug-likeness (QED) is 0.666. The van der Waals surface area contributed by atoms with E-state index in [0.29, 0.717) is 0 Å². The highest BCUT2D eigenvalue weighted by Crippen LogP contribution is 2.40. The average Bonchev–Trinajstić information content (AvgIpc) is 2.24. The zero-order chi connectivity index (χ0) is 8.60. The van der Waals surface area contributed by atoms with Crippen LogP contribution in [0.4, 0.5) is 0 Å². The Balaban J connectivity index is 1.88. The number of rotatable bonds is 2. The number of carbonyl (C=O) groups excluding carboxylic acids is 1. The Morgan fingerprint density at radius 3 is 2.75 bits per heavy atom. The summed E-state index contributed by atoms with van der Waals surface area (Å²) in [5.74, 6) is 1.17. The molecule has 1 heterocycles. The smallest absolute Gasteiger partial charge is 0.220 e. The molecule has 0 bridgehead atoms. The average molecular weight is 167 g/mol. The van der Waals surface area contributed by atoms with Crippen molar-refractivity contribution in [3.8, 4) is 0 Å². The van der Waals surface area contributed by atoms with Crippen molar-refractivity contribution in [1.29, 1.82) is 0 Å². The second-order valence-electron chi connectivity index (χ2n) is 4.77. The highest BCUT2D eigenvalue weighted by molar-refractivity contribution is 5.79. The molecule has 2 fully saturated rings. The minimum atomic E-state index is 0.247. The summed E-state index contributed by atoms with van der Waals surface area (Å²) >= 11 is 0. The van der Waals surface area contributed by atoms with Gasteiger partial charge in [-0.2, -0.15) is 0 Å². The standard InChI is InChI=1S/C10H17NO/c1-10(5-8-3-2-4-8)6-9(12)11-7-10/h8H,2-7H2,1H3,(H,11,12). The minimum Gasteiger partial charge on any atom is -0.356 e. The van der Waals surface area contributed by atoms with Crippen molar-refractivity contribution in [1.82, 2.24) is 5.32 Å². The van der Waals surface area contributed by atoms with Gasteiger partial charge in [-0.25, -0.2) is 0 Å². The van der Waals surface area contributed by atoms with E-state index in [2.05, 4.69) is 12.2 Å². The molecule has 0 radical (unpaired) electrons. The van der Waals surface area contributed by atoms with Crippen LogP contribution < -0.4 is 5.32 Å². The van der Waals surface area contributed by atoms with Gasteiger partial charge in [0.25, 0.3) is 0 Å². The normalized spacial score (nSPS) is 36.2. The summed E-state index contributed by atoms with van der Waals surface area (Å²) in [6, 6.07) is 0. The van der Waals surface area contributed by atoms with E-state index in [-0.39, 0.29) is 11.3 Å². The third kappa shape index (κ3) is 1.47. The largest absolute Gasteiger partial charge is 0.356 e. The van der Waals surface area contributed by atoms with Gasteiger partial charge in [-0.1, -0.05) is 26.2 Å². The Bertz CT molecular complexity index is 198. The van der Waals surface area contributed by atoms with Crippen LogP contribution >= 0.6 is 0 Å². The highest BCUT2D eigenvalue weighted by Gasteiger charge is 2.37. The molecule has 1 N–H and O–H groups in total. The van der Waals surface area contributed by atoms with Crippen molar-refractivity contribution >= 4 is 5.91 Å². The number of nitrogens with one attached hydrogen (secondary N) is 1. The van der Waals surface area contributed by atoms with E-state index in [1.54, 1.807) is 0 Å². The molecule has 2 nitrogen and oxygen atoms in total. The van der Waals surface area contributed by atoms with Crippen molar-refractivity contribution in [3.63, 3.8) is 0 Å². The molecule has 2 rings (SSSR count). The molecule has 0 aromatic heterocycles. The molecule has 1 aliphatic carbocycles. The topological polar surface area (TPSA) is 29.1 Å². The molecule has 1 atom stereocenters. The predicted octanol–water partition coefficient (Wildman–Crippen LogP) is 1.70. The number of hydrogen-bond donors (Lipinski definition) is 1. The monoisotopic (exact) mass is 167 g/mol. The molecule has 0 spiro atoms. The predicted molar refractivity (Wildman–Crippen MR) is 47.7 cm³/mol. The first-order valence-corrected chi connectivity index (χ1v) is 4.95. The fourth-order valence-electron chi connectivity index (χ4n) is 2.36. The Kier molecular flexibility index (Phi) is 1.85. The summed E-state index contributed by atoms with van der Waals surface area (Å²) in [4.78, 5) is 11.0. The van der Waals surface area contributed by atoms with Gasteiger partial charge in [-0.15, -0.1) is 0 Å². The maximum atomic E-state index is 11.0. The second-order valence-corrected chi connectivity index (χ2v) is 4.77. The number of carbonyl (C=O) groups is 1. The number of hydrogen-bond acceptors (Lipinski definition) is 1. The van der Waals surface area contributed by atoms with Crippen molar-refractivity contribution in [2.75, 3.05) is 6.54 Å². The molecule has 1 unspecified atom stereocenters. The Morgan fingerprint density at radius 1 is 1.58 bits per heavy atom. The molecule has 1 saturated carbocycles. The summed E-state index contributed by atoms with van der Waals surface area (Å²) in [5.41, 5.74) is 0.280. The molecule has 12 heavy (non-hydrogen) atoms. The molecule has 1 aliphatic heterocycles. The second kappa shape index (κ2) is 2.75. The van der Waals surface area contributed by atoms with E-state index >= 15 is 0 Å². The molecule has 2 heteroatoms. The molecule has 0 aromatic rings. The van der Waals surface area contributed by atoms with E-state index < -0.39 is 0 Å². The van der Waals surface area contributed by atoms with Crippen molar-refractivity contribution < 1.29 is 4.79 Å². The van der Waals surface area contributed by atoms with Gasteiger partial charge in [-0.3, -0.25) is 4.79 Å². The first-order chi connectivity index (χ1) is 5.68. The summed E-state index contributed by atoms with van der Waals surface area (Å²) in [6.07, 6.45) is 6.20. The molecular formula is C10H17NO. The number of amides is 1. The lowest BCUT2D eigenvalue weighted by Gasteiger charge is -2.33. The summed E-state index contributed by atoms with van der Waals surface area (Å²) in [7, 11) is 0. The lowest BCUT2D eigenvalue weighted by molar-refractivity contribution is -0.119. The summed E-state index contributed by atoms with van der Waals surface area (Å²) in [6.45, 7) is 3.14. The van der Waals surface area contributed by atoms with Gasteiger partial charge in [0.2, 0.25) is 5.91 Å². The lowest BCUT2D eigenvalue weighted by atomic mass is 9.72. The van der Waals surface area contributed by atoms with Gasteiger partial charge in [0, 0.05) is 13.0 Å². The van der Waals surface area contributed by atoms with Gasteiger partial charge in [0.15, 0.2) is 0 Å². The summed E-state index contributed by atoms with van der Waals surface area (Å²) < 4.78 is 0. The van der Waals surface area contributed by atoms with Crippen LogP contribution in [0.3, 0.4) is 0 Å². The molecule has 1 saturated heterocycles. The van der Waals surface area contributed by atoms with Crippen LogP contribution in [0.25, 0.3) is 0 Å². The lowest BCUT2D eigenvalue weighted by Crippen LogP contribution is -2.26. The Hall–Kier alpha value is -0.530. The van der Waals surface area contributed by atoms with Crippen LogP contribution in [-0.4, -0.2) is 12.5 Å². The van der Waals surface area contributed by atoms with Gasteiger partial charge in [0.1, 0.15) is 0 Å². The van der Waals surface area contributed by atoms with Crippen molar-refractivity contribution in [2.45, 2.75) is 39.0 Å². The molecule has 2 aliphatic rings. The third-order valence-corrected chi connectivity index (χ3v) is 3.31. The van der Waals surface area contributed by atoms with Crippen molar-refractivity contribution in [2.24, 2.45) is 11.3 Å². The first-order valence-electron chi connectivity index (χ1n) is 4.95. The zero-order valence-corrected chi connectivity index (χ0v) is 7.73. The molecule has 1 amide bonds. The zero-order valence-electron chi connectivity index (χ0n) is 7.73. The van der Waals surface area contributed by atoms with Gasteiger partial charge in [0.05, 0.1) is 0 Å². The highest BCUT2D eigenvalue weighted by atomic mass is 16.1. The summed E-state index contributed by atoms with van der Waals surface area (Å²) in [5, 5.41) is 2.92. The molecule has 0 aromatic carbocycles. The Morgan fingerprint density at radius 2 is 2.33 bits per heavy atom. The van der Waals surface area contributed by atoms with E-state index in [9.17, 15) is 4.79 Å². The van der Waals surface area contributed by atoms with Gasteiger partial charge >= 0.3 is 0 Å². The van der Waals surface area contributed by atoms with E-state index in [0.717, 1.165) is 18.9 Å². The fraction of sp³-hybridized carbons (Fsp3) is 0.900. The minimum absolute atomic E-state index is 0.247. The van der Waals surface area contributed by atoms with Crippen LogP contribution in [0.15, 0.2) is 0 Å². The van der Waals surface area contributed by atoms with E-state index in [1.807, 2.05) is 0 Å². The van der Waals surface area contributed by atoms with E-state index in [4.69, 9.17) is 0 Å². The Labute approximate surface area is 73.7 Å². The maximum absolute atomic E-state index is 11.0. The van der Waals surface area contributed by atoms with Crippen LogP contribution in [0.2, 0.25) is 0 Å². The van der Waals surface area contributed by atoms with Crippen LogP contribution in [-0.2, 0) is 4.79 Å². The van der Waals surface area contributed by atoms with Gasteiger partial charge in [-0.05, 0) is 17.8 Å². The maximum Gasteiger partial charge on any atom is 0.220 e. The SMILES string of the molecule is CC1(CC2CCC2)CNC(=O)C1. The van der Waals surface area contributed by atoms with Crippen molar-refractivity contribution in [3.05, 3.63) is 0 Å². The van der Waals surface area contributed by atoms with E-state index in [1.165, 1.54) is 25.7 Å². The van der Waals surface area contributed by atoms with Gasteiger partial charge < -0.3 is 5.32 Å². The first kappa shape index (κ1) is 8.09.